The van der Waals surface area contributed by atoms with Gasteiger partial charge in [-0.15, -0.1) is 35.3 Å². The number of guanidine groups is 1. The molecule has 2 N–H and O–H groups in total. The number of aromatic nitrogens is 1. The zero-order chi connectivity index (χ0) is 18.9. The third-order valence-corrected chi connectivity index (χ3v) is 4.99. The maximum absolute atomic E-state index is 5.38. The predicted octanol–water partition coefficient (Wildman–Crippen LogP) is 4.59. The molecule has 0 bridgehead atoms. The van der Waals surface area contributed by atoms with Crippen LogP contribution in [0.3, 0.4) is 0 Å². The van der Waals surface area contributed by atoms with E-state index in [1.54, 1.807) is 17.6 Å². The van der Waals surface area contributed by atoms with Crippen LogP contribution in [0, 0.1) is 0 Å². The van der Waals surface area contributed by atoms with Crippen molar-refractivity contribution >= 4 is 41.3 Å². The molecule has 6 nitrogen and oxygen atoms in total. The van der Waals surface area contributed by atoms with Crippen molar-refractivity contribution in [3.63, 3.8) is 0 Å². The molecule has 0 aliphatic heterocycles. The first-order valence-corrected chi connectivity index (χ1v) is 10.1. The molecule has 3 rings (SSSR count). The van der Waals surface area contributed by atoms with Gasteiger partial charge >= 0.3 is 0 Å². The summed E-state index contributed by atoms with van der Waals surface area (Å²) < 4.78 is 10.8. The second-order valence-electron chi connectivity index (χ2n) is 6.55. The molecule has 0 aliphatic rings. The van der Waals surface area contributed by atoms with E-state index in [0.717, 1.165) is 49.1 Å². The molecular weight excluding hydrogens is 487 g/mol. The summed E-state index contributed by atoms with van der Waals surface area (Å²) in [6.07, 6.45) is 3.47. The highest BCUT2D eigenvalue weighted by Gasteiger charge is 2.08. The van der Waals surface area contributed by atoms with E-state index >= 15 is 0 Å². The molecule has 3 aromatic rings. The van der Waals surface area contributed by atoms with E-state index in [2.05, 4.69) is 52.1 Å². The number of thiophene rings is 1. The number of hydrogen-bond donors (Lipinski definition) is 2. The Hall–Kier alpha value is -1.81. The van der Waals surface area contributed by atoms with Gasteiger partial charge in [-0.3, -0.25) is 0 Å². The topological polar surface area (TPSA) is 75.6 Å². The Bertz CT molecular complexity index is 771. The van der Waals surface area contributed by atoms with Gasteiger partial charge in [0.15, 0.2) is 11.7 Å². The maximum atomic E-state index is 5.38. The monoisotopic (exact) mass is 514 g/mol. The van der Waals surface area contributed by atoms with Crippen LogP contribution in [0.4, 0.5) is 0 Å². The van der Waals surface area contributed by atoms with Crippen LogP contribution in [0.1, 0.15) is 41.9 Å². The largest absolute Gasteiger partial charge is 0.469 e. The molecule has 0 aliphatic carbocycles. The maximum Gasteiger partial charge on any atom is 0.191 e. The van der Waals surface area contributed by atoms with E-state index in [1.807, 2.05) is 18.2 Å². The molecule has 0 saturated heterocycles. The standard InChI is InChI=1S/C20H26N4O2S.HI/c1-15(2)19-13-17(26-24-19)14-23-20(21-9-7-16-5-3-11-25-16)22-10-8-18-6-4-12-27-18;/h3-6,11-13,15H,7-10,14H2,1-2H3,(H2,21,22,23);1H. The molecule has 0 aromatic carbocycles. The van der Waals surface area contributed by atoms with Gasteiger partial charge in [-0.1, -0.05) is 25.1 Å². The van der Waals surface area contributed by atoms with E-state index in [0.29, 0.717) is 12.5 Å². The van der Waals surface area contributed by atoms with Crippen molar-refractivity contribution in [2.75, 3.05) is 13.1 Å². The third kappa shape index (κ3) is 7.31. The molecule has 28 heavy (non-hydrogen) atoms. The van der Waals surface area contributed by atoms with Crippen LogP contribution in [0.25, 0.3) is 0 Å². The van der Waals surface area contributed by atoms with Gasteiger partial charge in [-0.25, -0.2) is 4.99 Å². The lowest BCUT2D eigenvalue weighted by Crippen LogP contribution is -2.39. The fourth-order valence-corrected chi connectivity index (χ4v) is 3.23. The Morgan fingerprint density at radius 3 is 2.61 bits per heavy atom. The van der Waals surface area contributed by atoms with Crippen LogP contribution in [-0.4, -0.2) is 24.2 Å². The van der Waals surface area contributed by atoms with Crippen LogP contribution in [-0.2, 0) is 19.4 Å². The molecule has 0 saturated carbocycles. The van der Waals surface area contributed by atoms with Crippen molar-refractivity contribution in [2.24, 2.45) is 4.99 Å². The van der Waals surface area contributed by atoms with E-state index in [4.69, 9.17) is 8.94 Å². The summed E-state index contributed by atoms with van der Waals surface area (Å²) in [6.45, 7) is 6.21. The lowest BCUT2D eigenvalue weighted by molar-refractivity contribution is 0.376. The van der Waals surface area contributed by atoms with Crippen molar-refractivity contribution in [3.05, 3.63) is 64.1 Å². The Morgan fingerprint density at radius 1 is 1.14 bits per heavy atom. The van der Waals surface area contributed by atoms with Crippen LogP contribution < -0.4 is 10.6 Å². The van der Waals surface area contributed by atoms with Gasteiger partial charge in [0.1, 0.15) is 12.3 Å². The van der Waals surface area contributed by atoms with Gasteiger partial charge in [0.05, 0.1) is 12.0 Å². The van der Waals surface area contributed by atoms with Gasteiger partial charge in [-0.2, -0.15) is 0 Å². The molecule has 3 aromatic heterocycles. The highest BCUT2D eigenvalue weighted by atomic mass is 127. The number of nitrogens with one attached hydrogen (secondary N) is 2. The van der Waals surface area contributed by atoms with Gasteiger partial charge < -0.3 is 19.6 Å². The van der Waals surface area contributed by atoms with E-state index < -0.39 is 0 Å². The number of hydrogen-bond acceptors (Lipinski definition) is 5. The number of nitrogens with zero attached hydrogens (tertiary/aromatic N) is 2. The van der Waals surface area contributed by atoms with Crippen LogP contribution in [0.15, 0.2) is 55.9 Å². The fraction of sp³-hybridized carbons (Fsp3) is 0.400. The summed E-state index contributed by atoms with van der Waals surface area (Å²) in [4.78, 5) is 5.99. The van der Waals surface area contributed by atoms with Gasteiger partial charge in [0.2, 0.25) is 0 Å². The molecule has 3 heterocycles. The van der Waals surface area contributed by atoms with Gasteiger partial charge in [-0.05, 0) is 35.9 Å². The van der Waals surface area contributed by atoms with Crippen LogP contribution in [0.5, 0.6) is 0 Å². The van der Waals surface area contributed by atoms with E-state index in [1.165, 1.54) is 4.88 Å². The Morgan fingerprint density at radius 2 is 1.96 bits per heavy atom. The third-order valence-electron chi connectivity index (χ3n) is 4.05. The SMILES string of the molecule is CC(C)c1cc(CN=C(NCCc2ccco2)NCCc2cccs2)on1.I. The number of furan rings is 1. The minimum absolute atomic E-state index is 0. The summed E-state index contributed by atoms with van der Waals surface area (Å²) in [5.74, 6) is 2.84. The average molecular weight is 514 g/mol. The zero-order valence-corrected chi connectivity index (χ0v) is 19.3. The highest BCUT2D eigenvalue weighted by molar-refractivity contribution is 14.0. The number of halogens is 1. The smallest absolute Gasteiger partial charge is 0.191 e. The summed E-state index contributed by atoms with van der Waals surface area (Å²) in [6, 6.07) is 10.1. The molecule has 0 unspecified atom stereocenters. The highest BCUT2D eigenvalue weighted by Crippen LogP contribution is 2.14. The molecule has 8 heteroatoms. The number of rotatable bonds is 9. The van der Waals surface area contributed by atoms with E-state index in [-0.39, 0.29) is 24.0 Å². The van der Waals surface area contributed by atoms with Crippen LogP contribution in [0.2, 0.25) is 0 Å². The lowest BCUT2D eigenvalue weighted by atomic mass is 10.1. The van der Waals surface area contributed by atoms with Crippen LogP contribution >= 0.6 is 35.3 Å². The first-order chi connectivity index (χ1) is 13.2. The first kappa shape index (κ1) is 22.5. The molecule has 0 atom stereocenters. The Labute approximate surface area is 186 Å². The average Bonchev–Trinajstić information content (AvgIpc) is 3.41. The summed E-state index contributed by atoms with van der Waals surface area (Å²) in [5, 5.41) is 12.9. The minimum Gasteiger partial charge on any atom is -0.469 e. The second-order valence-corrected chi connectivity index (χ2v) is 7.58. The van der Waals surface area contributed by atoms with Crippen molar-refractivity contribution in [2.45, 2.75) is 39.2 Å². The normalized spacial score (nSPS) is 11.5. The second kappa shape index (κ2) is 11.9. The molecule has 0 amide bonds. The quantitative estimate of drug-likeness (QED) is 0.248. The number of aliphatic imine (C=N–C) groups is 1. The molecule has 0 fully saturated rings. The van der Waals surface area contributed by atoms with Crippen molar-refractivity contribution < 1.29 is 8.94 Å². The minimum atomic E-state index is 0. The Kier molecular flexibility index (Phi) is 9.56. The zero-order valence-electron chi connectivity index (χ0n) is 16.2. The Balaban J connectivity index is 0.00000280. The molecule has 0 radical (unpaired) electrons. The van der Waals surface area contributed by atoms with Crippen molar-refractivity contribution in [1.82, 2.24) is 15.8 Å². The molecular formula is C20H27IN4O2S. The van der Waals surface area contributed by atoms with Gasteiger partial charge in [0, 0.05) is 30.5 Å². The summed E-state index contributed by atoms with van der Waals surface area (Å²) in [5.41, 5.74) is 0.957. The summed E-state index contributed by atoms with van der Waals surface area (Å²) in [7, 11) is 0. The van der Waals surface area contributed by atoms with Gasteiger partial charge in [0.25, 0.3) is 0 Å². The lowest BCUT2D eigenvalue weighted by Gasteiger charge is -2.11. The molecule has 152 valence electrons. The fourth-order valence-electron chi connectivity index (χ4n) is 2.52. The van der Waals surface area contributed by atoms with E-state index in [9.17, 15) is 0 Å². The molecule has 0 spiro atoms. The van der Waals surface area contributed by atoms with Crippen molar-refractivity contribution in [3.8, 4) is 0 Å². The van der Waals surface area contributed by atoms with Crippen molar-refractivity contribution in [1.29, 1.82) is 0 Å². The predicted molar refractivity (Wildman–Crippen MR) is 124 cm³/mol. The summed E-state index contributed by atoms with van der Waals surface area (Å²) >= 11 is 1.77. The first-order valence-electron chi connectivity index (χ1n) is 9.23.